The molecule has 2 rings (SSSR count). The van der Waals surface area contributed by atoms with E-state index in [1.54, 1.807) is 0 Å². The van der Waals surface area contributed by atoms with Crippen LogP contribution in [0.25, 0.3) is 0 Å². The Bertz CT molecular complexity index is 402. The Balaban J connectivity index is 2.03. The fourth-order valence-corrected chi connectivity index (χ4v) is 4.73. The van der Waals surface area contributed by atoms with Crippen LogP contribution >= 0.6 is 11.8 Å². The Hall–Kier alpha value is -0.120. The Labute approximate surface area is 148 Å². The maximum atomic E-state index is 6.31. The molecular weight excluding hydrogens is 302 g/mol. The zero-order valence-corrected chi connectivity index (χ0v) is 15.4. The van der Waals surface area contributed by atoms with E-state index in [2.05, 4.69) is 39.8 Å². The highest BCUT2D eigenvalue weighted by atomic mass is 32.2. The summed E-state index contributed by atoms with van der Waals surface area (Å²) >= 11 is 1.97. The fraction of sp³-hybridized carbons (Fsp3) is 0.778. The van der Waals surface area contributed by atoms with Gasteiger partial charge in [-0.1, -0.05) is 32.8 Å². The summed E-state index contributed by atoms with van der Waals surface area (Å²) in [6.45, 7) is 8.79. The topological polar surface area (TPSA) is 18.5 Å². The summed E-state index contributed by atoms with van der Waals surface area (Å²) in [6, 6.07) is 0. The van der Waals surface area contributed by atoms with Gasteiger partial charge < -0.3 is 9.39 Å². The van der Waals surface area contributed by atoms with Crippen LogP contribution in [0.1, 0.15) is 46.0 Å². The molecule has 0 aliphatic carbocycles. The quantitative estimate of drug-likeness (QED) is 0.570. The van der Waals surface area contributed by atoms with Crippen molar-refractivity contribution < 1.29 is 9.39 Å². The lowest BCUT2D eigenvalue weighted by atomic mass is 9.72. The lowest BCUT2D eigenvalue weighted by Gasteiger charge is -2.38. The van der Waals surface area contributed by atoms with Gasteiger partial charge in [0.15, 0.2) is 0 Å². The van der Waals surface area contributed by atoms with Gasteiger partial charge in [-0.2, -0.15) is 11.8 Å². The summed E-state index contributed by atoms with van der Waals surface area (Å²) in [6.07, 6.45) is 9.02. The van der Waals surface area contributed by atoms with Crippen LogP contribution in [-0.4, -0.2) is 44.6 Å². The van der Waals surface area contributed by atoms with E-state index < -0.39 is 0 Å². The molecule has 0 aromatic rings. The molecule has 23 heavy (non-hydrogen) atoms. The van der Waals surface area contributed by atoms with Crippen molar-refractivity contribution in [3.05, 3.63) is 24.2 Å². The summed E-state index contributed by atoms with van der Waals surface area (Å²) in [7, 11) is 7.83. The summed E-state index contributed by atoms with van der Waals surface area (Å²) < 4.78 is 11.7. The van der Waals surface area contributed by atoms with Crippen LogP contribution in [0.15, 0.2) is 24.2 Å². The predicted molar refractivity (Wildman–Crippen MR) is 102 cm³/mol. The zero-order chi connectivity index (χ0) is 16.7. The minimum atomic E-state index is 0.0801. The standard InChI is InChI=1S/C18H29B2O2S/c1-4-15-11-13(2)14(3)17(21-15)12-18-16(22-19)7-9-20-8-5-6-10-23-18/h5,8,13,15-18H,3-4,6-7,9-12H2,1-2H3/b8-5+/t13?,15?,16?,17?,18-/m0/s1. The van der Waals surface area contributed by atoms with Crippen molar-refractivity contribution in [2.75, 3.05) is 5.75 Å². The second-order valence-corrected chi connectivity index (χ2v) is 8.06. The van der Waals surface area contributed by atoms with E-state index in [1.807, 2.05) is 11.8 Å². The first-order chi connectivity index (χ1) is 11.2. The first-order valence-electron chi connectivity index (χ1n) is 8.95. The summed E-state index contributed by atoms with van der Waals surface area (Å²) in [5.74, 6) is 3.80. The molecule has 1 saturated heterocycles. The van der Waals surface area contributed by atoms with Crippen molar-refractivity contribution in [3.63, 3.8) is 0 Å². The number of rotatable bonds is 4. The number of ether oxygens (including phenoxy) is 1. The molecule has 2 aliphatic rings. The highest BCUT2D eigenvalue weighted by Gasteiger charge is 2.33. The van der Waals surface area contributed by atoms with Crippen molar-refractivity contribution in [1.82, 2.24) is 0 Å². The van der Waals surface area contributed by atoms with E-state index in [4.69, 9.17) is 17.4 Å². The van der Waals surface area contributed by atoms with E-state index in [-0.39, 0.29) is 12.2 Å². The number of allylic oxidation sites excluding steroid dienone is 1. The molecule has 0 spiro atoms. The molecule has 2 nitrogen and oxygen atoms in total. The van der Waals surface area contributed by atoms with Crippen LogP contribution in [0.2, 0.25) is 6.32 Å². The van der Waals surface area contributed by atoms with Gasteiger partial charge in [-0.05, 0) is 49.3 Å². The average Bonchev–Trinajstić information content (AvgIpc) is 2.56. The molecule has 0 saturated carbocycles. The molecule has 0 aromatic heterocycles. The molecule has 0 N–H and O–H groups in total. The molecule has 0 bridgehead atoms. The summed E-state index contributed by atoms with van der Waals surface area (Å²) in [5.41, 5.74) is 1.25. The van der Waals surface area contributed by atoms with Crippen LogP contribution in [0.5, 0.6) is 0 Å². The Morgan fingerprint density at radius 1 is 1.52 bits per heavy atom. The van der Waals surface area contributed by atoms with Crippen LogP contribution in [0, 0.1) is 5.92 Å². The highest BCUT2D eigenvalue weighted by molar-refractivity contribution is 7.99. The molecule has 3 radical (unpaired) electrons. The van der Waals surface area contributed by atoms with E-state index >= 15 is 0 Å². The number of hydrogen-bond donors (Lipinski definition) is 0. The van der Waals surface area contributed by atoms with Gasteiger partial charge in [-0.3, -0.25) is 0 Å². The van der Waals surface area contributed by atoms with Crippen LogP contribution < -0.4 is 0 Å². The molecule has 0 aromatic carbocycles. The SMILES string of the molecule is [B]OC1CC[B]/C=C/CCS[C@H]1CC1OC(CC)CC(C)C1=C. The van der Waals surface area contributed by atoms with Gasteiger partial charge >= 0.3 is 0 Å². The first-order valence-corrected chi connectivity index (χ1v) is 10.00. The second kappa shape index (κ2) is 10.0. The zero-order valence-electron chi connectivity index (χ0n) is 14.6. The summed E-state index contributed by atoms with van der Waals surface area (Å²) in [5, 5.41) is 0.365. The van der Waals surface area contributed by atoms with Crippen LogP contribution in [0.3, 0.4) is 0 Å². The third-order valence-corrected chi connectivity index (χ3v) is 6.41. The molecule has 0 amide bonds. The first kappa shape index (κ1) is 19.2. The minimum Gasteiger partial charge on any atom is -0.444 e. The van der Waals surface area contributed by atoms with Crippen LogP contribution in [-0.2, 0) is 9.39 Å². The fourth-order valence-electron chi connectivity index (χ4n) is 3.42. The Morgan fingerprint density at radius 2 is 2.35 bits per heavy atom. The lowest BCUT2D eigenvalue weighted by Crippen LogP contribution is -2.38. The predicted octanol–water partition coefficient (Wildman–Crippen LogP) is 4.14. The monoisotopic (exact) mass is 331 g/mol. The smallest absolute Gasteiger partial charge is 0.283 e. The molecule has 125 valence electrons. The van der Waals surface area contributed by atoms with E-state index in [1.165, 1.54) is 5.57 Å². The minimum absolute atomic E-state index is 0.0801. The Kier molecular flexibility index (Phi) is 8.35. The maximum Gasteiger partial charge on any atom is 0.283 e. The largest absolute Gasteiger partial charge is 0.444 e. The van der Waals surface area contributed by atoms with Gasteiger partial charge in [-0.25, -0.2) is 0 Å². The van der Waals surface area contributed by atoms with Gasteiger partial charge in [-0.15, -0.1) is 5.98 Å². The van der Waals surface area contributed by atoms with E-state index in [9.17, 15) is 0 Å². The summed E-state index contributed by atoms with van der Waals surface area (Å²) in [4.78, 5) is 0. The van der Waals surface area contributed by atoms with Gasteiger partial charge in [0.05, 0.1) is 12.2 Å². The lowest BCUT2D eigenvalue weighted by molar-refractivity contribution is -0.0399. The van der Waals surface area contributed by atoms with Crippen LogP contribution in [0.4, 0.5) is 0 Å². The molecule has 4 unspecified atom stereocenters. The average molecular weight is 331 g/mol. The van der Waals surface area contributed by atoms with Gasteiger partial charge in [0.2, 0.25) is 0 Å². The van der Waals surface area contributed by atoms with Crippen molar-refractivity contribution in [1.29, 1.82) is 0 Å². The van der Waals surface area contributed by atoms with Gasteiger partial charge in [0, 0.05) is 11.4 Å². The second-order valence-electron chi connectivity index (χ2n) is 6.72. The normalized spacial score (nSPS) is 37.8. The third kappa shape index (κ3) is 5.72. The third-order valence-electron chi connectivity index (χ3n) is 5.02. The Morgan fingerprint density at radius 3 is 3.09 bits per heavy atom. The van der Waals surface area contributed by atoms with E-state index in [0.717, 1.165) is 44.2 Å². The van der Waals surface area contributed by atoms with E-state index in [0.29, 0.717) is 17.3 Å². The molecular formula is C18H29B2O2S. The molecule has 5 atom stereocenters. The van der Waals surface area contributed by atoms with Crippen molar-refractivity contribution in [2.45, 2.75) is 75.8 Å². The van der Waals surface area contributed by atoms with Gasteiger partial charge in [0.25, 0.3) is 8.05 Å². The van der Waals surface area contributed by atoms with Gasteiger partial charge in [0.1, 0.15) is 7.28 Å². The molecule has 2 heterocycles. The van der Waals surface area contributed by atoms with Crippen molar-refractivity contribution in [3.8, 4) is 0 Å². The molecule has 2 aliphatic heterocycles. The number of hydrogen-bond acceptors (Lipinski definition) is 3. The highest BCUT2D eigenvalue weighted by Crippen LogP contribution is 2.36. The maximum absolute atomic E-state index is 6.31. The molecule has 5 heteroatoms. The van der Waals surface area contributed by atoms with Crippen molar-refractivity contribution in [2.24, 2.45) is 5.92 Å². The van der Waals surface area contributed by atoms with Crippen molar-refractivity contribution >= 4 is 27.1 Å². The molecule has 1 fully saturated rings. The number of thioether (sulfide) groups is 1.